The lowest BCUT2D eigenvalue weighted by molar-refractivity contribution is 0.220. The van der Waals surface area contributed by atoms with E-state index in [1.165, 1.54) is 17.4 Å². The van der Waals surface area contributed by atoms with Gasteiger partial charge in [0.2, 0.25) is 0 Å². The number of rotatable bonds is 2. The van der Waals surface area contributed by atoms with Gasteiger partial charge in [-0.2, -0.15) is 0 Å². The Labute approximate surface area is 126 Å². The molecule has 1 nitrogen and oxygen atoms in total. The minimum atomic E-state index is -1.01. The lowest BCUT2D eigenvalue weighted by atomic mass is 10.0. The highest BCUT2D eigenvalue weighted by atomic mass is 79.9. The number of hydrogen-bond donors (Lipinski definition) is 1. The van der Waals surface area contributed by atoms with E-state index in [2.05, 4.69) is 15.9 Å². The molecule has 0 radical (unpaired) electrons. The number of aliphatic hydroxyl groups is 1. The maximum Gasteiger partial charge on any atom is 0.173 e. The third-order valence-electron chi connectivity index (χ3n) is 3.16. The lowest BCUT2D eigenvalue weighted by Crippen LogP contribution is -2.03. The van der Waals surface area contributed by atoms with Crippen molar-refractivity contribution in [3.8, 4) is 0 Å². The number of halogens is 3. The predicted octanol–water partition coefficient (Wildman–Crippen LogP) is 5.02. The van der Waals surface area contributed by atoms with Crippen LogP contribution in [0.25, 0.3) is 10.1 Å². The van der Waals surface area contributed by atoms with Crippen molar-refractivity contribution in [2.24, 2.45) is 0 Å². The Morgan fingerprint density at radius 2 is 1.85 bits per heavy atom. The Morgan fingerprint density at radius 3 is 2.65 bits per heavy atom. The molecule has 0 amide bonds. The minimum absolute atomic E-state index is 0.0430. The molecule has 0 saturated heterocycles. The summed E-state index contributed by atoms with van der Waals surface area (Å²) in [6.45, 7) is 0. The summed E-state index contributed by atoms with van der Waals surface area (Å²) >= 11 is 4.52. The van der Waals surface area contributed by atoms with Crippen molar-refractivity contribution in [2.45, 2.75) is 6.10 Å². The van der Waals surface area contributed by atoms with Crippen molar-refractivity contribution >= 4 is 37.4 Å². The topological polar surface area (TPSA) is 20.2 Å². The lowest BCUT2D eigenvalue weighted by Gasteiger charge is -2.15. The third-order valence-corrected chi connectivity index (χ3v) is 4.95. The van der Waals surface area contributed by atoms with E-state index in [0.717, 1.165) is 16.2 Å². The van der Waals surface area contributed by atoms with E-state index >= 15 is 0 Å². The molecule has 102 valence electrons. The van der Waals surface area contributed by atoms with Crippen LogP contribution < -0.4 is 0 Å². The molecule has 1 aromatic heterocycles. The second-order valence-electron chi connectivity index (χ2n) is 4.35. The van der Waals surface area contributed by atoms with Crippen LogP contribution in [0.4, 0.5) is 8.78 Å². The summed E-state index contributed by atoms with van der Waals surface area (Å²) in [6.07, 6.45) is -1.01. The first-order chi connectivity index (χ1) is 9.59. The summed E-state index contributed by atoms with van der Waals surface area (Å²) in [5.74, 6) is -1.93. The molecular formula is C15H9BrF2OS. The van der Waals surface area contributed by atoms with Gasteiger partial charge in [-0.05, 0) is 38.8 Å². The summed E-state index contributed by atoms with van der Waals surface area (Å²) in [7, 11) is 0. The van der Waals surface area contributed by atoms with Gasteiger partial charge in [0.15, 0.2) is 11.6 Å². The number of fused-ring (bicyclic) bond motifs is 1. The molecule has 0 bridgehead atoms. The smallest absolute Gasteiger partial charge is 0.173 e. The molecule has 20 heavy (non-hydrogen) atoms. The monoisotopic (exact) mass is 354 g/mol. The van der Waals surface area contributed by atoms with Crippen LogP contribution in [-0.4, -0.2) is 5.11 Å². The van der Waals surface area contributed by atoms with Crippen LogP contribution in [0.5, 0.6) is 0 Å². The van der Waals surface area contributed by atoms with Crippen molar-refractivity contribution in [2.75, 3.05) is 0 Å². The van der Waals surface area contributed by atoms with E-state index in [9.17, 15) is 13.9 Å². The Balaban J connectivity index is 2.16. The van der Waals surface area contributed by atoms with Gasteiger partial charge >= 0.3 is 0 Å². The average Bonchev–Trinajstić information content (AvgIpc) is 2.92. The zero-order valence-corrected chi connectivity index (χ0v) is 12.5. The van der Waals surface area contributed by atoms with Gasteiger partial charge in [-0.3, -0.25) is 0 Å². The molecule has 3 aromatic rings. The molecule has 1 atom stereocenters. The van der Waals surface area contributed by atoms with Gasteiger partial charge in [0.05, 0.1) is 4.47 Å². The molecular weight excluding hydrogens is 346 g/mol. The fourth-order valence-corrected chi connectivity index (χ4v) is 3.63. The first-order valence-corrected chi connectivity index (χ1v) is 7.54. The van der Waals surface area contributed by atoms with Gasteiger partial charge in [-0.15, -0.1) is 11.3 Å². The first-order valence-electron chi connectivity index (χ1n) is 5.87. The Hall–Kier alpha value is -1.30. The number of thiophene rings is 1. The van der Waals surface area contributed by atoms with E-state index in [1.807, 2.05) is 23.6 Å². The highest BCUT2D eigenvalue weighted by Gasteiger charge is 2.20. The summed E-state index contributed by atoms with van der Waals surface area (Å²) in [4.78, 5) is 0. The number of benzene rings is 2. The fraction of sp³-hybridized carbons (Fsp3) is 0.0667. The molecule has 0 aliphatic heterocycles. The maximum absolute atomic E-state index is 13.6. The van der Waals surface area contributed by atoms with Crippen LogP contribution in [0.2, 0.25) is 0 Å². The molecule has 1 N–H and O–H groups in total. The zero-order valence-electron chi connectivity index (χ0n) is 10.1. The van der Waals surface area contributed by atoms with Gasteiger partial charge in [0.25, 0.3) is 0 Å². The van der Waals surface area contributed by atoms with Gasteiger partial charge in [0.1, 0.15) is 6.10 Å². The number of aliphatic hydroxyl groups excluding tert-OH is 1. The van der Waals surface area contributed by atoms with Gasteiger partial charge in [-0.1, -0.05) is 24.3 Å². The average molecular weight is 355 g/mol. The highest BCUT2D eigenvalue weighted by Crippen LogP contribution is 2.36. The van der Waals surface area contributed by atoms with Crippen LogP contribution in [0.1, 0.15) is 17.2 Å². The first kappa shape index (κ1) is 13.7. The van der Waals surface area contributed by atoms with Crippen molar-refractivity contribution < 1.29 is 13.9 Å². The van der Waals surface area contributed by atoms with Crippen LogP contribution in [0, 0.1) is 11.6 Å². The summed E-state index contributed by atoms with van der Waals surface area (Å²) in [5.41, 5.74) is 0.994. The molecule has 0 aliphatic rings. The summed E-state index contributed by atoms with van der Waals surface area (Å²) in [6, 6.07) is 9.93. The molecule has 0 saturated carbocycles. The van der Waals surface area contributed by atoms with Crippen molar-refractivity contribution in [3.63, 3.8) is 0 Å². The molecule has 5 heteroatoms. The van der Waals surface area contributed by atoms with Crippen molar-refractivity contribution in [1.29, 1.82) is 0 Å². The third kappa shape index (κ3) is 2.16. The quantitative estimate of drug-likeness (QED) is 0.640. The number of hydrogen-bond acceptors (Lipinski definition) is 2. The van der Waals surface area contributed by atoms with E-state index in [4.69, 9.17) is 0 Å². The maximum atomic E-state index is 13.6. The Kier molecular flexibility index (Phi) is 3.58. The van der Waals surface area contributed by atoms with Crippen LogP contribution in [-0.2, 0) is 0 Å². The Bertz CT molecular complexity index is 785. The van der Waals surface area contributed by atoms with Crippen LogP contribution >= 0.6 is 27.3 Å². The normalized spacial score (nSPS) is 12.8. The minimum Gasteiger partial charge on any atom is -0.384 e. The second kappa shape index (κ2) is 5.24. The zero-order chi connectivity index (χ0) is 14.3. The van der Waals surface area contributed by atoms with E-state index in [1.54, 1.807) is 6.07 Å². The SMILES string of the molecule is OC(c1ccc(F)c(F)c1Br)c1cccc2ccsc12. The van der Waals surface area contributed by atoms with Gasteiger partial charge in [-0.25, -0.2) is 8.78 Å². The van der Waals surface area contributed by atoms with Crippen molar-refractivity contribution in [1.82, 2.24) is 0 Å². The summed E-state index contributed by atoms with van der Waals surface area (Å²) < 4.78 is 27.6. The van der Waals surface area contributed by atoms with E-state index in [-0.39, 0.29) is 4.47 Å². The van der Waals surface area contributed by atoms with Crippen LogP contribution in [0.3, 0.4) is 0 Å². The second-order valence-corrected chi connectivity index (χ2v) is 6.06. The molecule has 0 fully saturated rings. The predicted molar refractivity (Wildman–Crippen MR) is 79.9 cm³/mol. The molecule has 1 unspecified atom stereocenters. The molecule has 1 heterocycles. The Morgan fingerprint density at radius 1 is 1.05 bits per heavy atom. The summed E-state index contributed by atoms with van der Waals surface area (Å²) in [5, 5.41) is 13.4. The molecule has 0 spiro atoms. The molecule has 2 aromatic carbocycles. The largest absolute Gasteiger partial charge is 0.384 e. The fourth-order valence-electron chi connectivity index (χ4n) is 2.15. The highest BCUT2D eigenvalue weighted by molar-refractivity contribution is 9.10. The molecule has 0 aliphatic carbocycles. The van der Waals surface area contributed by atoms with Gasteiger partial charge < -0.3 is 5.11 Å². The van der Waals surface area contributed by atoms with E-state index < -0.39 is 17.7 Å². The van der Waals surface area contributed by atoms with E-state index in [0.29, 0.717) is 11.1 Å². The van der Waals surface area contributed by atoms with Crippen LogP contribution in [0.15, 0.2) is 46.3 Å². The van der Waals surface area contributed by atoms with Crippen molar-refractivity contribution in [3.05, 3.63) is 69.0 Å². The standard InChI is InChI=1S/C15H9BrF2OS/c16-12-9(4-5-11(17)13(12)18)14(19)10-3-1-2-8-6-7-20-15(8)10/h1-7,14,19H. The van der Waals surface area contributed by atoms with Gasteiger partial charge in [0, 0.05) is 15.8 Å². The molecule has 3 rings (SSSR count).